The summed E-state index contributed by atoms with van der Waals surface area (Å²) in [6.07, 6.45) is 3.83. The summed E-state index contributed by atoms with van der Waals surface area (Å²) in [6.45, 7) is 4.32. The third-order valence-electron chi connectivity index (χ3n) is 4.84. The quantitative estimate of drug-likeness (QED) is 0.849. The molecule has 116 valence electrons. The molecule has 1 saturated carbocycles. The molecule has 1 saturated heterocycles. The minimum Gasteiger partial charge on any atom is -0.480 e. The molecular formula is C14H25NO4S. The molecule has 1 N–H and O–H groups in total. The molecular weight excluding hydrogens is 278 g/mol. The van der Waals surface area contributed by atoms with E-state index in [0.717, 1.165) is 12.8 Å². The van der Waals surface area contributed by atoms with Gasteiger partial charge in [0.2, 0.25) is 0 Å². The summed E-state index contributed by atoms with van der Waals surface area (Å²) in [5.74, 6) is 0.488. The third-order valence-corrected chi connectivity index (χ3v) is 6.59. The first-order chi connectivity index (χ1) is 9.28. The summed E-state index contributed by atoms with van der Waals surface area (Å²) < 4.78 is 23.4. The fraction of sp³-hybridized carbons (Fsp3) is 0.929. The van der Waals surface area contributed by atoms with E-state index in [0.29, 0.717) is 18.3 Å². The Labute approximate surface area is 121 Å². The molecule has 1 aliphatic heterocycles. The van der Waals surface area contributed by atoms with E-state index in [2.05, 4.69) is 13.8 Å². The van der Waals surface area contributed by atoms with E-state index >= 15 is 0 Å². The molecule has 1 aliphatic carbocycles. The van der Waals surface area contributed by atoms with Crippen LogP contribution >= 0.6 is 0 Å². The van der Waals surface area contributed by atoms with E-state index in [1.54, 1.807) is 0 Å². The lowest BCUT2D eigenvalue weighted by Crippen LogP contribution is -2.51. The number of nitrogens with zero attached hydrogens (tertiary/aromatic N) is 1. The first-order valence-electron chi connectivity index (χ1n) is 7.46. The van der Waals surface area contributed by atoms with Gasteiger partial charge in [-0.2, -0.15) is 0 Å². The molecule has 0 aromatic heterocycles. The third kappa shape index (κ3) is 3.73. The van der Waals surface area contributed by atoms with Crippen molar-refractivity contribution < 1.29 is 18.3 Å². The van der Waals surface area contributed by atoms with Gasteiger partial charge in [-0.1, -0.05) is 20.3 Å². The van der Waals surface area contributed by atoms with Crippen molar-refractivity contribution in [1.29, 1.82) is 0 Å². The highest BCUT2D eigenvalue weighted by molar-refractivity contribution is 7.91. The highest BCUT2D eigenvalue weighted by atomic mass is 32.2. The van der Waals surface area contributed by atoms with E-state index in [-0.39, 0.29) is 30.1 Å². The standard InChI is InChI=1S/C14H25NO4S/c1-10-3-4-11(2)13(7-10)15(8-14(16)17)12-5-6-20(18,19)9-12/h10-13H,3-9H2,1-2H3,(H,16,17). The smallest absolute Gasteiger partial charge is 0.317 e. The number of hydrogen-bond donors (Lipinski definition) is 1. The van der Waals surface area contributed by atoms with Gasteiger partial charge in [0, 0.05) is 12.1 Å². The van der Waals surface area contributed by atoms with Crippen molar-refractivity contribution >= 4 is 15.8 Å². The van der Waals surface area contributed by atoms with Crippen molar-refractivity contribution in [3.63, 3.8) is 0 Å². The normalized spacial score (nSPS) is 37.1. The van der Waals surface area contributed by atoms with Crippen LogP contribution in [0.3, 0.4) is 0 Å². The second-order valence-corrected chi connectivity index (χ2v) is 8.81. The van der Waals surface area contributed by atoms with Gasteiger partial charge in [-0.25, -0.2) is 8.42 Å². The SMILES string of the molecule is CC1CCC(C)C(N(CC(=O)O)C2CCS(=O)(=O)C2)C1. The Bertz CT molecular complexity index is 462. The van der Waals surface area contributed by atoms with Crippen LogP contribution in [0.25, 0.3) is 0 Å². The molecule has 2 rings (SSSR count). The van der Waals surface area contributed by atoms with Crippen molar-refractivity contribution in [2.24, 2.45) is 11.8 Å². The fourth-order valence-electron chi connectivity index (χ4n) is 3.67. The van der Waals surface area contributed by atoms with E-state index < -0.39 is 15.8 Å². The van der Waals surface area contributed by atoms with Gasteiger partial charge in [-0.05, 0) is 31.1 Å². The van der Waals surface area contributed by atoms with Crippen LogP contribution in [0.4, 0.5) is 0 Å². The summed E-state index contributed by atoms with van der Waals surface area (Å²) in [7, 11) is -2.98. The number of hydrogen-bond acceptors (Lipinski definition) is 4. The Morgan fingerprint density at radius 1 is 1.25 bits per heavy atom. The maximum Gasteiger partial charge on any atom is 0.317 e. The zero-order valence-corrected chi connectivity index (χ0v) is 13.1. The van der Waals surface area contributed by atoms with E-state index in [9.17, 15) is 13.2 Å². The van der Waals surface area contributed by atoms with Crippen molar-refractivity contribution in [2.45, 2.75) is 51.6 Å². The molecule has 5 nitrogen and oxygen atoms in total. The highest BCUT2D eigenvalue weighted by Gasteiger charge is 2.39. The number of aliphatic carboxylic acids is 1. The van der Waals surface area contributed by atoms with Gasteiger partial charge in [-0.15, -0.1) is 0 Å². The van der Waals surface area contributed by atoms with Crippen molar-refractivity contribution in [2.75, 3.05) is 18.1 Å². The predicted octanol–water partition coefficient (Wildman–Crippen LogP) is 1.38. The van der Waals surface area contributed by atoms with Gasteiger partial charge >= 0.3 is 5.97 Å². The van der Waals surface area contributed by atoms with E-state index in [1.807, 2.05) is 4.90 Å². The molecule has 2 fully saturated rings. The first-order valence-corrected chi connectivity index (χ1v) is 9.28. The van der Waals surface area contributed by atoms with Gasteiger partial charge in [0.1, 0.15) is 0 Å². The molecule has 2 aliphatic rings. The van der Waals surface area contributed by atoms with Gasteiger partial charge in [-0.3, -0.25) is 9.69 Å². The van der Waals surface area contributed by atoms with Gasteiger partial charge < -0.3 is 5.11 Å². The lowest BCUT2D eigenvalue weighted by atomic mass is 9.78. The monoisotopic (exact) mass is 303 g/mol. The average Bonchev–Trinajstić information content (AvgIpc) is 2.70. The second-order valence-electron chi connectivity index (χ2n) is 6.59. The van der Waals surface area contributed by atoms with Crippen LogP contribution in [0.1, 0.15) is 39.5 Å². The van der Waals surface area contributed by atoms with Crippen LogP contribution in [0, 0.1) is 11.8 Å². The van der Waals surface area contributed by atoms with Crippen molar-refractivity contribution in [1.82, 2.24) is 4.90 Å². The van der Waals surface area contributed by atoms with Gasteiger partial charge in [0.05, 0.1) is 18.1 Å². The minimum atomic E-state index is -2.98. The van der Waals surface area contributed by atoms with Crippen LogP contribution in [-0.4, -0.2) is 54.5 Å². The first kappa shape index (κ1) is 15.8. The highest BCUT2D eigenvalue weighted by Crippen LogP contribution is 2.34. The largest absolute Gasteiger partial charge is 0.480 e. The zero-order chi connectivity index (χ0) is 14.9. The number of rotatable bonds is 4. The zero-order valence-electron chi connectivity index (χ0n) is 12.3. The molecule has 0 bridgehead atoms. The summed E-state index contributed by atoms with van der Waals surface area (Å²) in [6, 6.07) is 0.0852. The maximum atomic E-state index is 11.7. The number of carboxylic acid groups (broad SMARTS) is 1. The average molecular weight is 303 g/mol. The van der Waals surface area contributed by atoms with Crippen LogP contribution < -0.4 is 0 Å². The molecule has 6 heteroatoms. The molecule has 0 aromatic carbocycles. The molecule has 0 aromatic rings. The summed E-state index contributed by atoms with van der Waals surface area (Å²) in [5, 5.41) is 9.17. The lowest BCUT2D eigenvalue weighted by Gasteiger charge is -2.42. The number of carboxylic acids is 1. The Balaban J connectivity index is 2.16. The molecule has 0 radical (unpaired) electrons. The summed E-state index contributed by atoms with van der Waals surface area (Å²) in [4.78, 5) is 13.1. The summed E-state index contributed by atoms with van der Waals surface area (Å²) >= 11 is 0. The van der Waals surface area contributed by atoms with E-state index in [1.165, 1.54) is 6.42 Å². The van der Waals surface area contributed by atoms with Crippen LogP contribution in [-0.2, 0) is 14.6 Å². The van der Waals surface area contributed by atoms with E-state index in [4.69, 9.17) is 5.11 Å². The lowest BCUT2D eigenvalue weighted by molar-refractivity contribution is -0.140. The number of sulfone groups is 1. The topological polar surface area (TPSA) is 74.7 Å². The fourth-order valence-corrected chi connectivity index (χ4v) is 5.42. The second kappa shape index (κ2) is 6.02. The molecule has 4 unspecified atom stereocenters. The molecule has 0 spiro atoms. The Kier molecular flexibility index (Phi) is 4.74. The molecule has 20 heavy (non-hydrogen) atoms. The Morgan fingerprint density at radius 2 is 1.95 bits per heavy atom. The molecule has 0 amide bonds. The van der Waals surface area contributed by atoms with Gasteiger partial charge in [0.25, 0.3) is 0 Å². The van der Waals surface area contributed by atoms with Gasteiger partial charge in [0.15, 0.2) is 9.84 Å². The maximum absolute atomic E-state index is 11.7. The van der Waals surface area contributed by atoms with Crippen LogP contribution in [0.2, 0.25) is 0 Å². The predicted molar refractivity (Wildman–Crippen MR) is 77.4 cm³/mol. The molecule has 1 heterocycles. The van der Waals surface area contributed by atoms with Crippen molar-refractivity contribution in [3.05, 3.63) is 0 Å². The minimum absolute atomic E-state index is 0.0398. The number of carbonyl (C=O) groups is 1. The summed E-state index contributed by atoms with van der Waals surface area (Å²) in [5.41, 5.74) is 0. The van der Waals surface area contributed by atoms with Crippen LogP contribution in [0.15, 0.2) is 0 Å². The van der Waals surface area contributed by atoms with Crippen molar-refractivity contribution in [3.8, 4) is 0 Å². The van der Waals surface area contributed by atoms with Crippen LogP contribution in [0.5, 0.6) is 0 Å². The Hall–Kier alpha value is -0.620. The molecule has 4 atom stereocenters. The Morgan fingerprint density at radius 3 is 2.50 bits per heavy atom.